The summed E-state index contributed by atoms with van der Waals surface area (Å²) >= 11 is 11.4. The molecule has 50 heavy (non-hydrogen) atoms. The van der Waals surface area contributed by atoms with Crippen molar-refractivity contribution in [2.45, 2.75) is 0 Å². The quantitative estimate of drug-likeness (QED) is 0.0894. The van der Waals surface area contributed by atoms with Crippen LogP contribution in [0.5, 0.6) is 5.75 Å². The van der Waals surface area contributed by atoms with Gasteiger partial charge in [0.15, 0.2) is 11.4 Å². The zero-order chi connectivity index (χ0) is 36.1. The largest absolute Gasteiger partial charge is 0.508 e. The second-order valence-electron chi connectivity index (χ2n) is 9.99. The number of nitrogens with zero attached hydrogens (tertiary/aromatic N) is 7. The molecule has 4 N–H and O–H groups in total. The summed E-state index contributed by atoms with van der Waals surface area (Å²) in [5.41, 5.74) is 6.15. The van der Waals surface area contributed by atoms with E-state index >= 15 is 0 Å². The summed E-state index contributed by atoms with van der Waals surface area (Å²) in [4.78, 5) is 41.4. The van der Waals surface area contributed by atoms with Crippen LogP contribution in [0.2, 0.25) is 10.0 Å². The van der Waals surface area contributed by atoms with Crippen LogP contribution in [-0.2, 0) is 0 Å². The summed E-state index contributed by atoms with van der Waals surface area (Å²) in [5, 5.41) is 44.2. The number of hydrogen-bond acceptors (Lipinski definition) is 11. The molecule has 0 unspecified atom stereocenters. The van der Waals surface area contributed by atoms with Gasteiger partial charge in [-0.2, -0.15) is 0 Å². The monoisotopic (exact) mass is 718 g/mol. The van der Waals surface area contributed by atoms with Crippen LogP contribution in [0.15, 0.2) is 82.8 Å². The number of aromatic hydroxyl groups is 1. The molecular weight excluding hydrogens is 701 g/mol. The van der Waals surface area contributed by atoms with Gasteiger partial charge in [-0.15, -0.1) is 20.4 Å². The SMILES string of the molecule is NC(=O)c1nnc2cc(Cl)c(F)cc2c1N=Cc1ccc([N+](=O)[O-])cc1.O=C(O)c1nnc2cc(Cl)c(F)cc2c1N=Cc1ccc(O)cc1. The highest BCUT2D eigenvalue weighted by Gasteiger charge is 2.19. The number of fused-ring (bicyclic) bond motifs is 2. The molecule has 4 aromatic carbocycles. The molecule has 14 nitrogen and oxygen atoms in total. The van der Waals surface area contributed by atoms with Crippen molar-refractivity contribution in [1.82, 2.24) is 20.4 Å². The van der Waals surface area contributed by atoms with Gasteiger partial charge in [0.25, 0.3) is 11.6 Å². The lowest BCUT2D eigenvalue weighted by molar-refractivity contribution is -0.384. The molecule has 0 aliphatic carbocycles. The van der Waals surface area contributed by atoms with Gasteiger partial charge in [0.2, 0.25) is 0 Å². The van der Waals surface area contributed by atoms with E-state index in [4.69, 9.17) is 28.9 Å². The van der Waals surface area contributed by atoms with E-state index in [1.807, 2.05) is 0 Å². The van der Waals surface area contributed by atoms with Crippen LogP contribution < -0.4 is 5.73 Å². The second kappa shape index (κ2) is 14.7. The normalized spacial score (nSPS) is 11.2. The Morgan fingerprint density at radius 2 is 1.20 bits per heavy atom. The number of primary amides is 1. The number of amides is 1. The fraction of sp³-hybridized carbons (Fsp3) is 0. The van der Waals surface area contributed by atoms with Crippen LogP contribution in [0.4, 0.5) is 25.8 Å². The van der Waals surface area contributed by atoms with E-state index in [-0.39, 0.29) is 60.4 Å². The second-order valence-corrected chi connectivity index (χ2v) is 10.8. The Balaban J connectivity index is 0.000000195. The summed E-state index contributed by atoms with van der Waals surface area (Å²) < 4.78 is 27.6. The molecule has 2 aromatic heterocycles. The van der Waals surface area contributed by atoms with Gasteiger partial charge in [-0.1, -0.05) is 23.2 Å². The third-order valence-electron chi connectivity index (χ3n) is 6.67. The number of carbonyl (C=O) groups is 2. The first kappa shape index (κ1) is 34.8. The van der Waals surface area contributed by atoms with E-state index in [9.17, 15) is 38.7 Å². The number of carbonyl (C=O) groups excluding carboxylic acids is 1. The highest BCUT2D eigenvalue weighted by molar-refractivity contribution is 6.32. The highest BCUT2D eigenvalue weighted by atomic mass is 35.5. The summed E-state index contributed by atoms with van der Waals surface area (Å²) in [6.45, 7) is 0. The number of aliphatic imine (C=N–C) groups is 2. The van der Waals surface area contributed by atoms with Crippen molar-refractivity contribution in [2.24, 2.45) is 15.7 Å². The van der Waals surface area contributed by atoms with Gasteiger partial charge in [-0.25, -0.2) is 13.6 Å². The Morgan fingerprint density at radius 3 is 1.64 bits per heavy atom. The first-order valence-electron chi connectivity index (χ1n) is 13.8. The molecule has 0 saturated heterocycles. The predicted octanol–water partition coefficient (Wildman–Crippen LogP) is 6.76. The third kappa shape index (κ3) is 7.78. The van der Waals surface area contributed by atoms with Crippen molar-refractivity contribution in [1.29, 1.82) is 0 Å². The molecule has 2 heterocycles. The first-order valence-corrected chi connectivity index (χ1v) is 14.5. The number of aromatic nitrogens is 4. The standard InChI is InChI=1S/C16H9ClFN5O3.C16H9ClFN3O3/c17-11-6-13-10(5-12(11)18)14(15(16(19)24)22-21-13)20-7-8-1-3-9(4-2-8)23(25)26;17-11-6-13-10(5-12(11)18)14(15(16(23)24)21-20-13)19-7-8-1-3-9(22)4-2-8/h1-7H,(H2,19,24);1-7,22H,(H,23,24). The molecule has 0 bridgehead atoms. The molecule has 1 amide bonds. The number of carboxylic acids is 1. The lowest BCUT2D eigenvalue weighted by Gasteiger charge is -2.06. The number of benzene rings is 4. The molecule has 0 atom stereocenters. The van der Waals surface area contributed by atoms with E-state index in [1.54, 1.807) is 12.1 Å². The smallest absolute Gasteiger partial charge is 0.358 e. The maximum absolute atomic E-state index is 13.8. The molecule has 6 aromatic rings. The fourth-order valence-electron chi connectivity index (χ4n) is 4.27. The Labute approximate surface area is 288 Å². The van der Waals surface area contributed by atoms with Crippen molar-refractivity contribution >= 4 is 86.4 Å². The van der Waals surface area contributed by atoms with Crippen molar-refractivity contribution in [3.05, 3.63) is 127 Å². The topological polar surface area (TPSA) is 220 Å². The lowest BCUT2D eigenvalue weighted by Crippen LogP contribution is -2.14. The van der Waals surface area contributed by atoms with E-state index in [2.05, 4.69) is 30.4 Å². The number of hydrogen-bond donors (Lipinski definition) is 3. The van der Waals surface area contributed by atoms with Crippen LogP contribution in [0.3, 0.4) is 0 Å². The third-order valence-corrected chi connectivity index (χ3v) is 7.25. The number of phenolic OH excluding ortho intramolecular Hbond substituents is 1. The maximum Gasteiger partial charge on any atom is 0.358 e. The van der Waals surface area contributed by atoms with Crippen LogP contribution >= 0.6 is 23.2 Å². The minimum atomic E-state index is -1.34. The maximum atomic E-state index is 13.8. The van der Waals surface area contributed by atoms with Gasteiger partial charge in [0.05, 0.1) is 26.0 Å². The van der Waals surface area contributed by atoms with Crippen molar-refractivity contribution in [3.8, 4) is 5.75 Å². The summed E-state index contributed by atoms with van der Waals surface area (Å²) in [5.74, 6) is -3.56. The molecule has 0 aliphatic heterocycles. The minimum Gasteiger partial charge on any atom is -0.508 e. The van der Waals surface area contributed by atoms with Gasteiger partial charge in [-0.3, -0.25) is 24.9 Å². The van der Waals surface area contributed by atoms with Crippen molar-refractivity contribution < 1.29 is 33.5 Å². The van der Waals surface area contributed by atoms with Crippen LogP contribution in [0.1, 0.15) is 32.1 Å². The average Bonchev–Trinajstić information content (AvgIpc) is 3.08. The number of non-ortho nitro benzene ring substituents is 1. The van der Waals surface area contributed by atoms with E-state index in [0.29, 0.717) is 11.1 Å². The average molecular weight is 719 g/mol. The van der Waals surface area contributed by atoms with Crippen molar-refractivity contribution in [2.75, 3.05) is 0 Å². The van der Waals surface area contributed by atoms with Crippen LogP contribution in [-0.4, -0.2) is 59.8 Å². The number of nitro groups is 1. The summed E-state index contributed by atoms with van der Waals surface area (Å²) in [7, 11) is 0. The van der Waals surface area contributed by atoms with Gasteiger partial charge in [0.1, 0.15) is 28.8 Å². The highest BCUT2D eigenvalue weighted by Crippen LogP contribution is 2.32. The fourth-order valence-corrected chi connectivity index (χ4v) is 4.58. The Kier molecular flexibility index (Phi) is 10.2. The molecule has 0 aliphatic rings. The van der Waals surface area contributed by atoms with Crippen molar-refractivity contribution in [3.63, 3.8) is 0 Å². The summed E-state index contributed by atoms with van der Waals surface area (Å²) in [6, 6.07) is 16.3. The van der Waals surface area contributed by atoms with Crippen LogP contribution in [0, 0.1) is 21.7 Å². The number of aromatic carboxylic acids is 1. The van der Waals surface area contributed by atoms with Gasteiger partial charge in [0, 0.05) is 35.3 Å². The van der Waals surface area contributed by atoms with Crippen LogP contribution in [0.25, 0.3) is 21.8 Å². The number of rotatable bonds is 7. The molecule has 250 valence electrons. The Bertz CT molecular complexity index is 2380. The van der Waals surface area contributed by atoms with Gasteiger partial charge in [-0.05, 0) is 71.8 Å². The number of nitrogens with two attached hydrogens (primary N) is 1. The van der Waals surface area contributed by atoms with E-state index in [0.717, 1.165) is 12.1 Å². The number of phenols is 1. The Morgan fingerprint density at radius 1 is 0.760 bits per heavy atom. The first-order chi connectivity index (χ1) is 23.8. The molecule has 0 fully saturated rings. The molecular formula is C32H18Cl2F2N8O6. The van der Waals surface area contributed by atoms with Gasteiger partial charge >= 0.3 is 5.97 Å². The van der Waals surface area contributed by atoms with E-state index in [1.165, 1.54) is 61.0 Å². The predicted molar refractivity (Wildman–Crippen MR) is 180 cm³/mol. The molecule has 0 radical (unpaired) electrons. The summed E-state index contributed by atoms with van der Waals surface area (Å²) in [6.07, 6.45) is 2.73. The minimum absolute atomic E-state index is 0.0245. The molecule has 0 saturated carbocycles. The Hall–Kier alpha value is -6.52. The lowest BCUT2D eigenvalue weighted by atomic mass is 10.1. The number of nitro benzene ring substituents is 1. The number of halogens is 4. The number of carboxylic acid groups (broad SMARTS) is 1. The van der Waals surface area contributed by atoms with Gasteiger partial charge < -0.3 is 15.9 Å². The zero-order valence-corrected chi connectivity index (χ0v) is 26.3. The molecule has 18 heteroatoms. The molecule has 6 rings (SSSR count). The molecule has 0 spiro atoms. The zero-order valence-electron chi connectivity index (χ0n) is 24.8. The van der Waals surface area contributed by atoms with E-state index < -0.39 is 34.1 Å².